The van der Waals surface area contributed by atoms with Crippen molar-refractivity contribution in [1.29, 1.82) is 0 Å². The normalized spacial score (nSPS) is 20.8. The highest BCUT2D eigenvalue weighted by Gasteiger charge is 2.48. The van der Waals surface area contributed by atoms with Gasteiger partial charge in [0.15, 0.2) is 5.79 Å². The number of hydrogen-bond donors (Lipinski definition) is 1. The van der Waals surface area contributed by atoms with Crippen LogP contribution in [0.25, 0.3) is 0 Å². The van der Waals surface area contributed by atoms with Crippen LogP contribution in [0.2, 0.25) is 0 Å². The van der Waals surface area contributed by atoms with E-state index < -0.39 is 18.4 Å². The van der Waals surface area contributed by atoms with Crippen molar-refractivity contribution < 1.29 is 28.2 Å². The van der Waals surface area contributed by atoms with Crippen LogP contribution in [-0.2, 0) is 23.8 Å². The molecule has 0 aromatic carbocycles. The van der Waals surface area contributed by atoms with E-state index in [4.69, 9.17) is 14.2 Å². The van der Waals surface area contributed by atoms with Gasteiger partial charge in [0.1, 0.15) is 6.67 Å². The molecule has 0 aromatic heterocycles. The second-order valence-electron chi connectivity index (χ2n) is 7.75. The van der Waals surface area contributed by atoms with Crippen molar-refractivity contribution >= 4 is 11.9 Å². The number of esters is 1. The molecule has 1 saturated carbocycles. The molecular formula is C25H48FNO5. The third-order valence-electron chi connectivity index (χ3n) is 4.90. The maximum absolute atomic E-state index is 13.3. The monoisotopic (exact) mass is 461 g/mol. The first-order chi connectivity index (χ1) is 15.3. The van der Waals surface area contributed by atoms with Crippen LogP contribution in [0.1, 0.15) is 94.9 Å². The zero-order valence-corrected chi connectivity index (χ0v) is 22.2. The van der Waals surface area contributed by atoms with Crippen molar-refractivity contribution in [3.8, 4) is 0 Å². The standard InChI is InChI=1S/C19H30FNO5.3C2H6/c1-5-15(14(10-20)17(23)24-6-2)21-16(22)13-7-8-19(9-13)25-11-18(3,4)12-26-19;3*1-2/h13H,5-12H2,1-4H3,(H,21,22);3*1-2H3/b15-14-;;;. The van der Waals surface area contributed by atoms with E-state index in [-0.39, 0.29) is 35.1 Å². The Hall–Kier alpha value is -1.47. The van der Waals surface area contributed by atoms with E-state index in [1.807, 2.05) is 41.5 Å². The van der Waals surface area contributed by atoms with Crippen LogP contribution in [0.3, 0.4) is 0 Å². The highest BCUT2D eigenvalue weighted by Crippen LogP contribution is 2.43. The maximum Gasteiger partial charge on any atom is 0.338 e. The molecule has 1 amide bonds. The second kappa shape index (κ2) is 17.1. The fourth-order valence-corrected chi connectivity index (χ4v) is 3.30. The van der Waals surface area contributed by atoms with Gasteiger partial charge in [0.2, 0.25) is 5.91 Å². The molecular weight excluding hydrogens is 413 g/mol. The molecule has 1 spiro atoms. The average Bonchev–Trinajstić information content (AvgIpc) is 3.24. The summed E-state index contributed by atoms with van der Waals surface area (Å²) in [5.74, 6) is -1.94. The molecule has 0 aromatic rings. The van der Waals surface area contributed by atoms with E-state index in [0.29, 0.717) is 38.9 Å². The molecule has 1 unspecified atom stereocenters. The minimum absolute atomic E-state index is 0.0284. The Morgan fingerprint density at radius 3 is 2.00 bits per heavy atom. The Balaban J connectivity index is 0. The average molecular weight is 462 g/mol. The first-order valence-electron chi connectivity index (χ1n) is 12.3. The number of rotatable bonds is 6. The van der Waals surface area contributed by atoms with Gasteiger partial charge in [-0.15, -0.1) is 0 Å². The summed E-state index contributed by atoms with van der Waals surface area (Å²) in [7, 11) is 0. The van der Waals surface area contributed by atoms with Gasteiger partial charge in [-0.25, -0.2) is 9.18 Å². The van der Waals surface area contributed by atoms with Crippen LogP contribution >= 0.6 is 0 Å². The molecule has 1 aliphatic carbocycles. The van der Waals surface area contributed by atoms with Crippen molar-refractivity contribution in [1.82, 2.24) is 5.32 Å². The summed E-state index contributed by atoms with van der Waals surface area (Å²) in [5.41, 5.74) is 0.130. The smallest absolute Gasteiger partial charge is 0.338 e. The molecule has 1 heterocycles. The predicted octanol–water partition coefficient (Wildman–Crippen LogP) is 5.95. The molecule has 0 bridgehead atoms. The topological polar surface area (TPSA) is 73.9 Å². The Morgan fingerprint density at radius 1 is 1.03 bits per heavy atom. The fourth-order valence-electron chi connectivity index (χ4n) is 3.30. The molecule has 0 radical (unpaired) electrons. The van der Waals surface area contributed by atoms with Crippen molar-refractivity contribution in [2.75, 3.05) is 26.5 Å². The molecule has 2 aliphatic rings. The minimum atomic E-state index is -0.974. The Bertz CT molecular complexity index is 565. The summed E-state index contributed by atoms with van der Waals surface area (Å²) in [4.78, 5) is 24.5. The molecule has 1 aliphatic heterocycles. The van der Waals surface area contributed by atoms with Gasteiger partial charge in [-0.2, -0.15) is 0 Å². The Labute approximate surface area is 195 Å². The van der Waals surface area contributed by atoms with E-state index in [0.717, 1.165) is 0 Å². The molecule has 1 saturated heterocycles. The van der Waals surface area contributed by atoms with Gasteiger partial charge in [-0.3, -0.25) is 4.79 Å². The lowest BCUT2D eigenvalue weighted by Gasteiger charge is -2.41. The number of halogens is 1. The first-order valence-corrected chi connectivity index (χ1v) is 12.3. The largest absolute Gasteiger partial charge is 0.463 e. The van der Waals surface area contributed by atoms with Gasteiger partial charge >= 0.3 is 5.97 Å². The number of alkyl halides is 1. The minimum Gasteiger partial charge on any atom is -0.463 e. The number of carbonyl (C=O) groups excluding carboxylic acids is 2. The van der Waals surface area contributed by atoms with Crippen LogP contribution in [-0.4, -0.2) is 44.2 Å². The fraction of sp³-hybridized carbons (Fsp3) is 0.840. The number of nitrogens with one attached hydrogen (secondary N) is 1. The van der Waals surface area contributed by atoms with E-state index >= 15 is 0 Å². The third-order valence-corrected chi connectivity index (χ3v) is 4.90. The van der Waals surface area contributed by atoms with Crippen LogP contribution in [0.4, 0.5) is 4.39 Å². The van der Waals surface area contributed by atoms with Crippen molar-refractivity contribution in [3.63, 3.8) is 0 Å². The summed E-state index contributed by atoms with van der Waals surface area (Å²) in [5, 5.41) is 2.73. The molecule has 32 heavy (non-hydrogen) atoms. The van der Waals surface area contributed by atoms with Crippen LogP contribution in [0.5, 0.6) is 0 Å². The van der Waals surface area contributed by atoms with Crippen molar-refractivity contribution in [3.05, 3.63) is 11.3 Å². The molecule has 7 heteroatoms. The lowest BCUT2D eigenvalue weighted by Crippen LogP contribution is -2.46. The molecule has 2 fully saturated rings. The van der Waals surface area contributed by atoms with E-state index in [9.17, 15) is 14.0 Å². The number of amides is 1. The lowest BCUT2D eigenvalue weighted by atomic mass is 9.94. The highest BCUT2D eigenvalue weighted by molar-refractivity contribution is 5.91. The van der Waals surface area contributed by atoms with E-state index in [2.05, 4.69) is 19.2 Å². The number of hydrogen-bond acceptors (Lipinski definition) is 5. The molecule has 6 nitrogen and oxygen atoms in total. The van der Waals surface area contributed by atoms with E-state index in [1.54, 1.807) is 13.8 Å². The number of carbonyl (C=O) groups is 2. The SMILES string of the molecule is CC.CC.CC.CCOC(=O)/C(CF)=C(/CC)NC(=O)C1CCC2(C1)OCC(C)(C)CO2. The van der Waals surface area contributed by atoms with Gasteiger partial charge < -0.3 is 19.5 Å². The van der Waals surface area contributed by atoms with Crippen LogP contribution < -0.4 is 5.32 Å². The number of allylic oxidation sites excluding steroid dienone is 1. The zero-order valence-electron chi connectivity index (χ0n) is 22.2. The quantitative estimate of drug-likeness (QED) is 0.391. The highest BCUT2D eigenvalue weighted by atomic mass is 19.1. The van der Waals surface area contributed by atoms with Crippen LogP contribution in [0, 0.1) is 11.3 Å². The van der Waals surface area contributed by atoms with Gasteiger partial charge in [0.25, 0.3) is 0 Å². The summed E-state index contributed by atoms with van der Waals surface area (Å²) >= 11 is 0. The summed E-state index contributed by atoms with van der Waals surface area (Å²) in [6.07, 6.45) is 2.09. The van der Waals surface area contributed by atoms with Crippen molar-refractivity contribution in [2.45, 2.75) is 101 Å². The predicted molar refractivity (Wildman–Crippen MR) is 128 cm³/mol. The second-order valence-corrected chi connectivity index (χ2v) is 7.75. The Kier molecular flexibility index (Phi) is 17.4. The summed E-state index contributed by atoms with van der Waals surface area (Å²) in [6.45, 7) is 19.9. The van der Waals surface area contributed by atoms with Crippen molar-refractivity contribution in [2.24, 2.45) is 11.3 Å². The third kappa shape index (κ3) is 9.99. The number of ether oxygens (including phenoxy) is 3. The molecule has 2 rings (SSSR count). The van der Waals surface area contributed by atoms with Gasteiger partial charge in [0, 0.05) is 29.9 Å². The van der Waals surface area contributed by atoms with Gasteiger partial charge in [-0.05, 0) is 19.8 Å². The zero-order chi connectivity index (χ0) is 25.4. The van der Waals surface area contributed by atoms with E-state index in [1.165, 1.54) is 0 Å². The molecule has 1 N–H and O–H groups in total. The molecule has 190 valence electrons. The summed E-state index contributed by atoms with van der Waals surface area (Å²) in [6, 6.07) is 0. The van der Waals surface area contributed by atoms with Crippen LogP contribution in [0.15, 0.2) is 11.3 Å². The van der Waals surface area contributed by atoms with Gasteiger partial charge in [-0.1, -0.05) is 62.3 Å². The van der Waals surface area contributed by atoms with Gasteiger partial charge in [0.05, 0.1) is 25.4 Å². The maximum atomic E-state index is 13.3. The lowest BCUT2D eigenvalue weighted by molar-refractivity contribution is -0.295. The molecule has 1 atom stereocenters. The summed E-state index contributed by atoms with van der Waals surface area (Å²) < 4.78 is 30.1. The Morgan fingerprint density at radius 2 is 1.56 bits per heavy atom. The first kappa shape index (κ1) is 32.7.